The molecule has 0 aromatic heterocycles. The third-order valence-electron chi connectivity index (χ3n) is 4.27. The van der Waals surface area contributed by atoms with Crippen molar-refractivity contribution in [1.82, 2.24) is 5.32 Å². The molecule has 136 valence electrons. The van der Waals surface area contributed by atoms with Crippen LogP contribution < -0.4 is 15.5 Å². The topological polar surface area (TPSA) is 61.4 Å². The minimum Gasteiger partial charge on any atom is -0.375 e. The molecule has 5 nitrogen and oxygen atoms in total. The van der Waals surface area contributed by atoms with E-state index in [0.717, 1.165) is 29.2 Å². The largest absolute Gasteiger partial charge is 0.375 e. The summed E-state index contributed by atoms with van der Waals surface area (Å²) in [5.74, 6) is -0.188. The van der Waals surface area contributed by atoms with E-state index >= 15 is 0 Å². The van der Waals surface area contributed by atoms with Crippen molar-refractivity contribution in [2.24, 2.45) is 0 Å². The van der Waals surface area contributed by atoms with Crippen molar-refractivity contribution in [2.75, 3.05) is 30.4 Å². The lowest BCUT2D eigenvalue weighted by atomic mass is 10.2. The molecule has 2 N–H and O–H groups in total. The Bertz CT molecular complexity index is 767. The van der Waals surface area contributed by atoms with Crippen LogP contribution in [0.1, 0.15) is 12.8 Å². The van der Waals surface area contributed by atoms with Gasteiger partial charge in [-0.25, -0.2) is 0 Å². The number of hydrogen-bond donors (Lipinski definition) is 2. The van der Waals surface area contributed by atoms with Gasteiger partial charge in [0.25, 0.3) is 0 Å². The molecule has 2 amide bonds. The summed E-state index contributed by atoms with van der Waals surface area (Å²) in [5, 5.41) is 5.41. The maximum atomic E-state index is 12.2. The van der Waals surface area contributed by atoms with Crippen molar-refractivity contribution in [2.45, 2.75) is 23.0 Å². The molecule has 0 bridgehead atoms. The Hall–Kier alpha value is -2.47. The molecule has 6 heteroatoms. The van der Waals surface area contributed by atoms with Gasteiger partial charge < -0.3 is 15.5 Å². The number of hydrogen-bond acceptors (Lipinski definition) is 4. The second-order valence-electron chi connectivity index (χ2n) is 6.26. The third kappa shape index (κ3) is 4.79. The van der Waals surface area contributed by atoms with Crippen LogP contribution >= 0.6 is 11.8 Å². The third-order valence-corrected chi connectivity index (χ3v) is 5.54. The van der Waals surface area contributed by atoms with Gasteiger partial charge in [0.1, 0.15) is 0 Å². The number of nitrogens with zero attached hydrogens (tertiary/aromatic N) is 1. The molecule has 26 heavy (non-hydrogen) atoms. The summed E-state index contributed by atoms with van der Waals surface area (Å²) < 4.78 is 0. The molecule has 0 aliphatic carbocycles. The molecule has 0 fully saturated rings. The van der Waals surface area contributed by atoms with E-state index in [2.05, 4.69) is 27.7 Å². The van der Waals surface area contributed by atoms with Gasteiger partial charge in [0.15, 0.2) is 0 Å². The summed E-state index contributed by atoms with van der Waals surface area (Å²) in [6.45, 7) is 1.46. The highest BCUT2D eigenvalue weighted by molar-refractivity contribution is 8.01. The molecule has 2 aromatic carbocycles. The van der Waals surface area contributed by atoms with Crippen LogP contribution in [0.15, 0.2) is 59.5 Å². The van der Waals surface area contributed by atoms with E-state index in [1.54, 1.807) is 0 Å². The minimum absolute atomic E-state index is 0.0839. The second-order valence-corrected chi connectivity index (χ2v) is 7.50. The zero-order valence-electron chi connectivity index (χ0n) is 14.8. The summed E-state index contributed by atoms with van der Waals surface area (Å²) in [6, 6.07) is 17.8. The average Bonchev–Trinajstić information content (AvgIpc) is 2.66. The number of carbonyl (C=O) groups is 2. The number of amides is 2. The molecule has 1 heterocycles. The SMILES string of the molecule is CN(CCCNC(=O)C[C@H]1Sc2ccccc2NC1=O)c1ccccc1. The summed E-state index contributed by atoms with van der Waals surface area (Å²) >= 11 is 1.45. The van der Waals surface area contributed by atoms with E-state index in [0.29, 0.717) is 6.54 Å². The van der Waals surface area contributed by atoms with Gasteiger partial charge in [0.2, 0.25) is 11.8 Å². The molecular formula is C20H23N3O2S. The van der Waals surface area contributed by atoms with Gasteiger partial charge >= 0.3 is 0 Å². The first kappa shape index (κ1) is 18.3. The molecule has 0 saturated carbocycles. The highest BCUT2D eigenvalue weighted by atomic mass is 32.2. The lowest BCUT2D eigenvalue weighted by molar-refractivity contribution is -0.124. The van der Waals surface area contributed by atoms with Gasteiger partial charge in [0, 0.05) is 37.1 Å². The molecule has 0 unspecified atom stereocenters. The summed E-state index contributed by atoms with van der Waals surface area (Å²) in [6.07, 6.45) is 1.04. The van der Waals surface area contributed by atoms with E-state index in [4.69, 9.17) is 0 Å². The van der Waals surface area contributed by atoms with E-state index in [1.807, 2.05) is 49.5 Å². The van der Waals surface area contributed by atoms with Gasteiger partial charge in [-0.3, -0.25) is 9.59 Å². The predicted molar refractivity (Wildman–Crippen MR) is 107 cm³/mol. The monoisotopic (exact) mass is 369 g/mol. The second kappa shape index (κ2) is 8.76. The zero-order chi connectivity index (χ0) is 18.4. The van der Waals surface area contributed by atoms with E-state index in [-0.39, 0.29) is 23.5 Å². The van der Waals surface area contributed by atoms with Crippen LogP contribution in [0.5, 0.6) is 0 Å². The number of nitrogens with one attached hydrogen (secondary N) is 2. The first-order chi connectivity index (χ1) is 12.6. The summed E-state index contributed by atoms with van der Waals surface area (Å²) in [4.78, 5) is 27.5. The number of rotatable bonds is 7. The molecular weight excluding hydrogens is 346 g/mol. The van der Waals surface area contributed by atoms with Gasteiger partial charge in [-0.05, 0) is 30.7 Å². The zero-order valence-corrected chi connectivity index (χ0v) is 15.6. The first-order valence-electron chi connectivity index (χ1n) is 8.73. The highest BCUT2D eigenvalue weighted by Crippen LogP contribution is 2.36. The van der Waals surface area contributed by atoms with Gasteiger partial charge in [-0.1, -0.05) is 30.3 Å². The Morgan fingerprint density at radius 1 is 1.15 bits per heavy atom. The Balaban J connectivity index is 1.40. The molecule has 0 spiro atoms. The van der Waals surface area contributed by atoms with Crippen LogP contribution in [0, 0.1) is 0 Å². The van der Waals surface area contributed by atoms with Gasteiger partial charge in [-0.15, -0.1) is 11.8 Å². The van der Waals surface area contributed by atoms with Crippen molar-refractivity contribution < 1.29 is 9.59 Å². The first-order valence-corrected chi connectivity index (χ1v) is 9.61. The van der Waals surface area contributed by atoms with Gasteiger partial charge in [0.05, 0.1) is 10.9 Å². The fourth-order valence-electron chi connectivity index (χ4n) is 2.82. The molecule has 1 atom stereocenters. The smallest absolute Gasteiger partial charge is 0.238 e. The minimum atomic E-state index is -0.378. The van der Waals surface area contributed by atoms with E-state index in [9.17, 15) is 9.59 Å². The van der Waals surface area contributed by atoms with Crippen LogP contribution in [0.3, 0.4) is 0 Å². The van der Waals surface area contributed by atoms with Crippen molar-refractivity contribution in [1.29, 1.82) is 0 Å². The molecule has 2 aromatic rings. The Labute approximate surface area is 158 Å². The van der Waals surface area contributed by atoms with Crippen LogP contribution in [0.4, 0.5) is 11.4 Å². The van der Waals surface area contributed by atoms with E-state index in [1.165, 1.54) is 11.8 Å². The normalized spacial score (nSPS) is 15.7. The van der Waals surface area contributed by atoms with Crippen LogP contribution in [0.25, 0.3) is 0 Å². The van der Waals surface area contributed by atoms with Gasteiger partial charge in [-0.2, -0.15) is 0 Å². The number of para-hydroxylation sites is 2. The van der Waals surface area contributed by atoms with Crippen LogP contribution in [-0.2, 0) is 9.59 Å². The van der Waals surface area contributed by atoms with Crippen LogP contribution in [-0.4, -0.2) is 37.2 Å². The Kier molecular flexibility index (Phi) is 6.17. The van der Waals surface area contributed by atoms with Crippen molar-refractivity contribution >= 4 is 35.0 Å². The predicted octanol–water partition coefficient (Wildman–Crippen LogP) is 3.13. The van der Waals surface area contributed by atoms with Crippen molar-refractivity contribution in [3.8, 4) is 0 Å². The van der Waals surface area contributed by atoms with E-state index < -0.39 is 0 Å². The van der Waals surface area contributed by atoms with Crippen molar-refractivity contribution in [3.63, 3.8) is 0 Å². The van der Waals surface area contributed by atoms with Crippen LogP contribution in [0.2, 0.25) is 0 Å². The standard InChI is InChI=1S/C20H23N3O2S/c1-23(15-8-3-2-4-9-15)13-7-12-21-19(24)14-18-20(25)22-16-10-5-6-11-17(16)26-18/h2-6,8-11,18H,7,12-14H2,1H3,(H,21,24)(H,22,25)/t18-/m1/s1. The Morgan fingerprint density at radius 3 is 2.69 bits per heavy atom. The molecule has 0 radical (unpaired) electrons. The molecule has 0 saturated heterocycles. The fourth-order valence-corrected chi connectivity index (χ4v) is 3.93. The summed E-state index contributed by atoms with van der Waals surface area (Å²) in [5.41, 5.74) is 1.98. The molecule has 1 aliphatic heterocycles. The molecule has 3 rings (SSSR count). The number of carbonyl (C=O) groups excluding carboxylic acids is 2. The highest BCUT2D eigenvalue weighted by Gasteiger charge is 2.28. The number of benzene rings is 2. The Morgan fingerprint density at radius 2 is 1.88 bits per heavy atom. The lowest BCUT2D eigenvalue weighted by Crippen LogP contribution is -2.35. The molecule has 1 aliphatic rings. The maximum Gasteiger partial charge on any atom is 0.238 e. The summed E-state index contributed by atoms with van der Waals surface area (Å²) in [7, 11) is 2.04. The number of anilines is 2. The van der Waals surface area contributed by atoms with Crippen molar-refractivity contribution in [3.05, 3.63) is 54.6 Å². The maximum absolute atomic E-state index is 12.2. The number of fused-ring (bicyclic) bond motifs is 1. The quantitative estimate of drug-likeness (QED) is 0.736. The fraction of sp³-hybridized carbons (Fsp3) is 0.300. The number of thioether (sulfide) groups is 1. The average molecular weight is 369 g/mol. The lowest BCUT2D eigenvalue weighted by Gasteiger charge is -2.23.